The number of rotatable bonds is 2. The van der Waals surface area contributed by atoms with Crippen LogP contribution in [-0.2, 0) is 11.2 Å². The summed E-state index contributed by atoms with van der Waals surface area (Å²) in [6.07, 6.45) is 5.95. The number of nitrogens with one attached hydrogen (secondary N) is 1. The summed E-state index contributed by atoms with van der Waals surface area (Å²) >= 11 is 0. The molecule has 1 aromatic rings. The van der Waals surface area contributed by atoms with Crippen LogP contribution in [0.2, 0.25) is 0 Å². The maximum absolute atomic E-state index is 11.8. The normalized spacial score (nSPS) is 23.6. The molecule has 1 aliphatic carbocycles. The molecule has 1 aromatic carbocycles. The lowest BCUT2D eigenvalue weighted by molar-refractivity contribution is -0.116. The third kappa shape index (κ3) is 2.33. The van der Waals surface area contributed by atoms with Crippen LogP contribution < -0.4 is 5.32 Å². The van der Waals surface area contributed by atoms with Gasteiger partial charge in [-0.2, -0.15) is 0 Å². The molecular weight excluding hydrogens is 222 g/mol. The molecule has 2 nitrogen and oxygen atoms in total. The van der Waals surface area contributed by atoms with Crippen molar-refractivity contribution in [2.75, 3.05) is 0 Å². The zero-order valence-electron chi connectivity index (χ0n) is 10.6. The molecule has 3 rings (SSSR count). The van der Waals surface area contributed by atoms with Crippen molar-refractivity contribution < 1.29 is 4.79 Å². The standard InChI is InChI=1S/C16H19NO/c18-16-8-4-7-15-14(16)10-9-13(17-15)11-12-5-2-1-3-6-12/h1-3,5-6,13,17H,4,7-11H2/t13-/m0/s1. The molecular formula is C16H19NO. The van der Waals surface area contributed by atoms with Gasteiger partial charge in [-0.25, -0.2) is 0 Å². The Morgan fingerprint density at radius 1 is 1.11 bits per heavy atom. The van der Waals surface area contributed by atoms with Crippen molar-refractivity contribution in [1.29, 1.82) is 0 Å². The Hall–Kier alpha value is -1.57. The summed E-state index contributed by atoms with van der Waals surface area (Å²) < 4.78 is 0. The maximum Gasteiger partial charge on any atom is 0.160 e. The molecule has 0 aromatic heterocycles. The molecule has 2 aliphatic rings. The molecule has 1 heterocycles. The van der Waals surface area contributed by atoms with Crippen LogP contribution in [0, 0.1) is 0 Å². The van der Waals surface area contributed by atoms with E-state index < -0.39 is 0 Å². The summed E-state index contributed by atoms with van der Waals surface area (Å²) in [5.74, 6) is 0.377. The van der Waals surface area contributed by atoms with Crippen LogP contribution in [0.3, 0.4) is 0 Å². The highest BCUT2D eigenvalue weighted by Gasteiger charge is 2.26. The molecule has 0 spiro atoms. The van der Waals surface area contributed by atoms with E-state index in [-0.39, 0.29) is 0 Å². The number of carbonyl (C=O) groups excluding carboxylic acids is 1. The quantitative estimate of drug-likeness (QED) is 0.862. The molecule has 1 aliphatic heterocycles. The van der Waals surface area contributed by atoms with Crippen LogP contribution in [0.4, 0.5) is 0 Å². The first-order chi connectivity index (χ1) is 8.83. The van der Waals surface area contributed by atoms with Gasteiger partial charge in [0.05, 0.1) is 0 Å². The Bertz CT molecular complexity index is 475. The van der Waals surface area contributed by atoms with Gasteiger partial charge in [0.25, 0.3) is 0 Å². The molecule has 0 amide bonds. The molecule has 94 valence electrons. The van der Waals surface area contributed by atoms with Crippen LogP contribution in [0.15, 0.2) is 41.6 Å². The Balaban J connectivity index is 1.70. The molecule has 0 fully saturated rings. The van der Waals surface area contributed by atoms with Crippen LogP contribution in [0.5, 0.6) is 0 Å². The summed E-state index contributed by atoms with van der Waals surface area (Å²) in [5, 5.41) is 3.59. The summed E-state index contributed by atoms with van der Waals surface area (Å²) in [7, 11) is 0. The van der Waals surface area contributed by atoms with Crippen molar-refractivity contribution >= 4 is 5.78 Å². The summed E-state index contributed by atoms with van der Waals surface area (Å²) in [4.78, 5) is 11.8. The van der Waals surface area contributed by atoms with Gasteiger partial charge in [-0.15, -0.1) is 0 Å². The fourth-order valence-corrected chi connectivity index (χ4v) is 3.03. The van der Waals surface area contributed by atoms with Gasteiger partial charge in [0.15, 0.2) is 5.78 Å². The largest absolute Gasteiger partial charge is 0.385 e. The first-order valence-corrected chi connectivity index (χ1v) is 6.88. The lowest BCUT2D eigenvalue weighted by atomic mass is 9.86. The van der Waals surface area contributed by atoms with E-state index in [4.69, 9.17) is 0 Å². The predicted octanol–water partition coefficient (Wildman–Crippen LogP) is 2.99. The smallest absolute Gasteiger partial charge is 0.160 e. The highest BCUT2D eigenvalue weighted by atomic mass is 16.1. The van der Waals surface area contributed by atoms with Crippen molar-refractivity contribution in [1.82, 2.24) is 5.32 Å². The van der Waals surface area contributed by atoms with Gasteiger partial charge in [-0.3, -0.25) is 4.79 Å². The second-order valence-electron chi connectivity index (χ2n) is 5.30. The Kier molecular flexibility index (Phi) is 3.18. The topological polar surface area (TPSA) is 29.1 Å². The average molecular weight is 241 g/mol. The summed E-state index contributed by atoms with van der Waals surface area (Å²) in [5.41, 5.74) is 3.70. The molecule has 0 saturated carbocycles. The third-order valence-electron chi connectivity index (χ3n) is 3.98. The fourth-order valence-electron chi connectivity index (χ4n) is 3.03. The summed E-state index contributed by atoms with van der Waals surface area (Å²) in [6.45, 7) is 0. The van der Waals surface area contributed by atoms with Crippen LogP contribution in [0.1, 0.15) is 37.7 Å². The molecule has 1 N–H and O–H groups in total. The average Bonchev–Trinajstić information content (AvgIpc) is 2.40. The first kappa shape index (κ1) is 11.5. The van der Waals surface area contributed by atoms with E-state index in [0.29, 0.717) is 11.8 Å². The molecule has 1 atom stereocenters. The maximum atomic E-state index is 11.8. The molecule has 18 heavy (non-hydrogen) atoms. The van der Waals surface area contributed by atoms with Crippen molar-refractivity contribution in [3.05, 3.63) is 47.2 Å². The number of Topliss-reactive ketones (excluding diaryl/α,β-unsaturated/α-hetero) is 1. The highest BCUT2D eigenvalue weighted by Crippen LogP contribution is 2.29. The van der Waals surface area contributed by atoms with Gasteiger partial charge in [0, 0.05) is 23.7 Å². The van der Waals surface area contributed by atoms with Crippen LogP contribution in [-0.4, -0.2) is 11.8 Å². The summed E-state index contributed by atoms with van der Waals surface area (Å²) in [6, 6.07) is 11.1. The fraction of sp³-hybridized carbons (Fsp3) is 0.438. The van der Waals surface area contributed by atoms with Crippen molar-refractivity contribution in [2.45, 2.75) is 44.6 Å². The lowest BCUT2D eigenvalue weighted by Crippen LogP contribution is -2.37. The van der Waals surface area contributed by atoms with Gasteiger partial charge >= 0.3 is 0 Å². The Morgan fingerprint density at radius 3 is 2.78 bits per heavy atom. The van der Waals surface area contributed by atoms with E-state index in [0.717, 1.165) is 44.1 Å². The Morgan fingerprint density at radius 2 is 1.94 bits per heavy atom. The molecule has 2 heteroatoms. The number of hydrogen-bond donors (Lipinski definition) is 1. The van der Waals surface area contributed by atoms with E-state index in [1.54, 1.807) is 0 Å². The first-order valence-electron chi connectivity index (χ1n) is 6.88. The number of benzene rings is 1. The van der Waals surface area contributed by atoms with Crippen LogP contribution >= 0.6 is 0 Å². The van der Waals surface area contributed by atoms with Gasteiger partial charge in [-0.1, -0.05) is 30.3 Å². The lowest BCUT2D eigenvalue weighted by Gasteiger charge is -2.31. The molecule has 0 saturated heterocycles. The molecule has 0 bridgehead atoms. The van der Waals surface area contributed by atoms with E-state index in [2.05, 4.69) is 35.6 Å². The number of allylic oxidation sites excluding steroid dienone is 2. The zero-order chi connectivity index (χ0) is 12.4. The minimum atomic E-state index is 0.377. The van der Waals surface area contributed by atoms with Crippen molar-refractivity contribution in [3.63, 3.8) is 0 Å². The SMILES string of the molecule is O=C1CCCC2=C1CC[C@@H](Cc1ccccc1)N2. The van der Waals surface area contributed by atoms with Crippen molar-refractivity contribution in [3.8, 4) is 0 Å². The van der Waals surface area contributed by atoms with E-state index in [1.807, 2.05) is 0 Å². The zero-order valence-corrected chi connectivity index (χ0v) is 10.6. The van der Waals surface area contributed by atoms with E-state index in [9.17, 15) is 4.79 Å². The number of ketones is 1. The monoisotopic (exact) mass is 241 g/mol. The van der Waals surface area contributed by atoms with E-state index in [1.165, 1.54) is 11.3 Å². The van der Waals surface area contributed by atoms with Gasteiger partial charge in [0.1, 0.15) is 0 Å². The third-order valence-corrected chi connectivity index (χ3v) is 3.98. The number of hydrogen-bond acceptors (Lipinski definition) is 2. The second-order valence-corrected chi connectivity index (χ2v) is 5.30. The highest BCUT2D eigenvalue weighted by molar-refractivity contribution is 5.96. The van der Waals surface area contributed by atoms with E-state index >= 15 is 0 Å². The van der Waals surface area contributed by atoms with Crippen LogP contribution in [0.25, 0.3) is 0 Å². The minimum absolute atomic E-state index is 0.377. The van der Waals surface area contributed by atoms with Gasteiger partial charge in [0.2, 0.25) is 0 Å². The molecule has 0 radical (unpaired) electrons. The van der Waals surface area contributed by atoms with Gasteiger partial charge in [-0.05, 0) is 37.7 Å². The van der Waals surface area contributed by atoms with Crippen molar-refractivity contribution in [2.24, 2.45) is 0 Å². The molecule has 0 unspecified atom stereocenters. The predicted molar refractivity (Wildman–Crippen MR) is 72.2 cm³/mol. The minimum Gasteiger partial charge on any atom is -0.385 e. The second kappa shape index (κ2) is 4.97. The number of carbonyl (C=O) groups is 1. The van der Waals surface area contributed by atoms with Gasteiger partial charge < -0.3 is 5.32 Å². The Labute approximate surface area is 108 Å².